The Morgan fingerprint density at radius 1 is 1.25 bits per heavy atom. The number of nitrogens with two attached hydrogens (primary N) is 1. The predicted octanol–water partition coefficient (Wildman–Crippen LogP) is 1.85. The SMILES string of the molecule is NC(=O)c1cccc2cc([N+](=O)[O-])ccc12. The molecule has 16 heavy (non-hydrogen) atoms. The minimum atomic E-state index is -0.542. The lowest BCUT2D eigenvalue weighted by atomic mass is 10.0. The number of carbonyl (C=O) groups is 1. The molecular formula is C11H8N2O3. The lowest BCUT2D eigenvalue weighted by molar-refractivity contribution is -0.384. The summed E-state index contributed by atoms with van der Waals surface area (Å²) < 4.78 is 0. The lowest BCUT2D eigenvalue weighted by Crippen LogP contribution is -2.11. The van der Waals surface area contributed by atoms with E-state index in [4.69, 9.17) is 5.73 Å². The number of hydrogen-bond acceptors (Lipinski definition) is 3. The number of amides is 1. The minimum absolute atomic E-state index is 0.00544. The van der Waals surface area contributed by atoms with Crippen LogP contribution in [0.1, 0.15) is 10.4 Å². The first-order chi connectivity index (χ1) is 7.59. The number of carbonyl (C=O) groups excluding carboxylic acids is 1. The van der Waals surface area contributed by atoms with E-state index in [9.17, 15) is 14.9 Å². The van der Waals surface area contributed by atoms with Gasteiger partial charge in [0, 0.05) is 17.7 Å². The molecular weight excluding hydrogens is 208 g/mol. The summed E-state index contributed by atoms with van der Waals surface area (Å²) in [6, 6.07) is 9.25. The summed E-state index contributed by atoms with van der Waals surface area (Å²) >= 11 is 0. The van der Waals surface area contributed by atoms with Gasteiger partial charge in [-0.05, 0) is 22.9 Å². The van der Waals surface area contributed by atoms with Crippen molar-refractivity contribution in [1.82, 2.24) is 0 Å². The zero-order chi connectivity index (χ0) is 11.7. The number of benzene rings is 2. The van der Waals surface area contributed by atoms with E-state index in [1.165, 1.54) is 18.2 Å². The smallest absolute Gasteiger partial charge is 0.270 e. The average molecular weight is 216 g/mol. The normalized spacial score (nSPS) is 10.2. The fourth-order valence-corrected chi connectivity index (χ4v) is 1.60. The van der Waals surface area contributed by atoms with Crippen molar-refractivity contribution in [2.75, 3.05) is 0 Å². The Morgan fingerprint density at radius 3 is 2.62 bits per heavy atom. The zero-order valence-corrected chi connectivity index (χ0v) is 8.21. The maximum atomic E-state index is 11.1. The van der Waals surface area contributed by atoms with Gasteiger partial charge in [-0.3, -0.25) is 14.9 Å². The van der Waals surface area contributed by atoms with Crippen molar-refractivity contribution in [1.29, 1.82) is 0 Å². The van der Waals surface area contributed by atoms with Crippen LogP contribution in [0.25, 0.3) is 10.8 Å². The molecule has 80 valence electrons. The van der Waals surface area contributed by atoms with E-state index < -0.39 is 10.8 Å². The number of nitro groups is 1. The topological polar surface area (TPSA) is 86.2 Å². The van der Waals surface area contributed by atoms with Gasteiger partial charge in [-0.1, -0.05) is 12.1 Å². The van der Waals surface area contributed by atoms with Gasteiger partial charge in [0.2, 0.25) is 5.91 Å². The van der Waals surface area contributed by atoms with Crippen molar-refractivity contribution in [3.63, 3.8) is 0 Å². The number of nitro benzene ring substituents is 1. The van der Waals surface area contributed by atoms with E-state index in [2.05, 4.69) is 0 Å². The summed E-state index contributed by atoms with van der Waals surface area (Å²) in [6.07, 6.45) is 0. The molecule has 0 fully saturated rings. The van der Waals surface area contributed by atoms with Gasteiger partial charge in [-0.2, -0.15) is 0 Å². The van der Waals surface area contributed by atoms with E-state index in [1.54, 1.807) is 18.2 Å². The van der Waals surface area contributed by atoms with Crippen molar-refractivity contribution < 1.29 is 9.72 Å². The van der Waals surface area contributed by atoms with Gasteiger partial charge in [0.15, 0.2) is 0 Å². The Bertz CT molecular complexity index is 593. The Labute approximate surface area is 90.6 Å². The second-order valence-corrected chi connectivity index (χ2v) is 3.33. The molecule has 2 aromatic carbocycles. The molecule has 2 N–H and O–H groups in total. The largest absolute Gasteiger partial charge is 0.366 e. The average Bonchev–Trinajstić information content (AvgIpc) is 2.27. The van der Waals surface area contributed by atoms with Gasteiger partial charge in [0.1, 0.15) is 0 Å². The molecule has 5 heteroatoms. The standard InChI is InChI=1S/C11H8N2O3/c12-11(14)10-3-1-2-7-6-8(13(15)16)4-5-9(7)10/h1-6H,(H2,12,14). The number of rotatable bonds is 2. The quantitative estimate of drug-likeness (QED) is 0.613. The highest BCUT2D eigenvalue weighted by Crippen LogP contribution is 2.23. The molecule has 1 amide bonds. The Balaban J connectivity index is 2.73. The summed E-state index contributed by atoms with van der Waals surface area (Å²) in [4.78, 5) is 21.2. The van der Waals surface area contributed by atoms with Crippen LogP contribution in [0.2, 0.25) is 0 Å². The Kier molecular flexibility index (Phi) is 2.28. The third-order valence-electron chi connectivity index (χ3n) is 2.34. The molecule has 0 aliphatic heterocycles. The first-order valence-corrected chi connectivity index (χ1v) is 4.56. The maximum absolute atomic E-state index is 11.1. The highest BCUT2D eigenvalue weighted by atomic mass is 16.6. The van der Waals surface area contributed by atoms with Crippen LogP contribution < -0.4 is 5.73 Å². The van der Waals surface area contributed by atoms with Crippen molar-refractivity contribution in [3.05, 3.63) is 52.1 Å². The van der Waals surface area contributed by atoms with Crippen molar-refractivity contribution in [2.24, 2.45) is 5.73 Å². The number of nitrogens with zero attached hydrogens (tertiary/aromatic N) is 1. The second-order valence-electron chi connectivity index (χ2n) is 3.33. The number of fused-ring (bicyclic) bond motifs is 1. The first kappa shape index (κ1) is 10.1. The molecule has 0 aromatic heterocycles. The van der Waals surface area contributed by atoms with Crippen LogP contribution in [0, 0.1) is 10.1 Å². The number of primary amides is 1. The second kappa shape index (κ2) is 3.62. The van der Waals surface area contributed by atoms with Crippen LogP contribution in [0.5, 0.6) is 0 Å². The van der Waals surface area contributed by atoms with E-state index in [-0.39, 0.29) is 5.69 Å². The Morgan fingerprint density at radius 2 is 2.00 bits per heavy atom. The highest BCUT2D eigenvalue weighted by Gasteiger charge is 2.10. The van der Waals surface area contributed by atoms with Crippen molar-refractivity contribution in [3.8, 4) is 0 Å². The summed E-state index contributed by atoms with van der Waals surface area (Å²) in [5, 5.41) is 11.8. The maximum Gasteiger partial charge on any atom is 0.270 e. The van der Waals surface area contributed by atoms with Gasteiger partial charge >= 0.3 is 0 Å². The molecule has 5 nitrogen and oxygen atoms in total. The molecule has 0 radical (unpaired) electrons. The lowest BCUT2D eigenvalue weighted by Gasteiger charge is -2.02. The van der Waals surface area contributed by atoms with Crippen LogP contribution in [0.3, 0.4) is 0 Å². The van der Waals surface area contributed by atoms with Crippen LogP contribution >= 0.6 is 0 Å². The molecule has 0 heterocycles. The monoisotopic (exact) mass is 216 g/mol. The molecule has 0 saturated heterocycles. The van der Waals surface area contributed by atoms with Gasteiger partial charge in [0.05, 0.1) is 4.92 Å². The molecule has 0 unspecified atom stereocenters. The van der Waals surface area contributed by atoms with E-state index in [1.807, 2.05) is 0 Å². The molecule has 0 atom stereocenters. The number of hydrogen-bond donors (Lipinski definition) is 1. The molecule has 2 rings (SSSR count). The van der Waals surface area contributed by atoms with Gasteiger partial charge in [0.25, 0.3) is 5.69 Å². The van der Waals surface area contributed by atoms with Crippen LogP contribution in [-0.2, 0) is 0 Å². The molecule has 0 saturated carbocycles. The third-order valence-corrected chi connectivity index (χ3v) is 2.34. The van der Waals surface area contributed by atoms with Crippen LogP contribution in [0.4, 0.5) is 5.69 Å². The molecule has 2 aromatic rings. The minimum Gasteiger partial charge on any atom is -0.366 e. The molecule has 0 aliphatic rings. The van der Waals surface area contributed by atoms with E-state index in [0.717, 1.165) is 0 Å². The van der Waals surface area contributed by atoms with Crippen LogP contribution in [-0.4, -0.2) is 10.8 Å². The third kappa shape index (κ3) is 1.58. The highest BCUT2D eigenvalue weighted by molar-refractivity contribution is 6.06. The Hall–Kier alpha value is -2.43. The summed E-state index contributed by atoms with van der Waals surface area (Å²) in [6.45, 7) is 0. The van der Waals surface area contributed by atoms with E-state index in [0.29, 0.717) is 16.3 Å². The molecule has 0 spiro atoms. The fourth-order valence-electron chi connectivity index (χ4n) is 1.60. The fraction of sp³-hybridized carbons (Fsp3) is 0. The summed E-state index contributed by atoms with van der Waals surface area (Å²) in [5.74, 6) is -0.542. The zero-order valence-electron chi connectivity index (χ0n) is 8.21. The van der Waals surface area contributed by atoms with Crippen molar-refractivity contribution >= 4 is 22.4 Å². The van der Waals surface area contributed by atoms with Crippen LogP contribution in [0.15, 0.2) is 36.4 Å². The summed E-state index contributed by atoms with van der Waals surface area (Å²) in [5.41, 5.74) is 5.57. The van der Waals surface area contributed by atoms with Crippen molar-refractivity contribution in [2.45, 2.75) is 0 Å². The van der Waals surface area contributed by atoms with Gasteiger partial charge < -0.3 is 5.73 Å². The summed E-state index contributed by atoms with van der Waals surface area (Å²) in [7, 11) is 0. The van der Waals surface area contributed by atoms with E-state index >= 15 is 0 Å². The van der Waals surface area contributed by atoms with Gasteiger partial charge in [-0.15, -0.1) is 0 Å². The number of non-ortho nitro benzene ring substituents is 1. The van der Waals surface area contributed by atoms with Gasteiger partial charge in [-0.25, -0.2) is 0 Å². The molecule has 0 aliphatic carbocycles. The predicted molar refractivity (Wildman–Crippen MR) is 59.1 cm³/mol. The first-order valence-electron chi connectivity index (χ1n) is 4.56. The molecule has 0 bridgehead atoms.